The Hall–Kier alpha value is -5.70. The number of fused-ring (bicyclic) bond motifs is 4. The summed E-state index contributed by atoms with van der Waals surface area (Å²) in [7, 11) is 0. The van der Waals surface area contributed by atoms with Crippen LogP contribution < -0.4 is 5.32 Å². The Bertz CT molecular complexity index is 2160. The minimum absolute atomic E-state index is 0.0514. The molecule has 1 N–H and O–H groups in total. The van der Waals surface area contributed by atoms with Gasteiger partial charge in [0, 0.05) is 17.7 Å². The van der Waals surface area contributed by atoms with E-state index in [0.717, 1.165) is 38.3 Å². The van der Waals surface area contributed by atoms with Gasteiger partial charge >= 0.3 is 6.18 Å². The van der Waals surface area contributed by atoms with Crippen LogP contribution in [0, 0.1) is 0 Å². The predicted molar refractivity (Wildman–Crippen MR) is 182 cm³/mol. The van der Waals surface area contributed by atoms with Crippen molar-refractivity contribution in [1.82, 2.24) is 14.5 Å². The summed E-state index contributed by atoms with van der Waals surface area (Å²) in [6.07, 6.45) is -3.67. The lowest BCUT2D eigenvalue weighted by Crippen LogP contribution is -2.42. The van der Waals surface area contributed by atoms with E-state index in [1.54, 1.807) is 13.0 Å². The molecular formula is C39H31F3N4O2. The minimum atomic E-state index is -4.58. The summed E-state index contributed by atoms with van der Waals surface area (Å²) < 4.78 is 43.6. The van der Waals surface area contributed by atoms with Crippen LogP contribution in [0.5, 0.6) is 0 Å². The highest BCUT2D eigenvalue weighted by Gasteiger charge is 2.42. The summed E-state index contributed by atoms with van der Waals surface area (Å²) >= 11 is 0. The molecule has 6 aromatic rings. The third-order valence-electron chi connectivity index (χ3n) is 8.76. The van der Waals surface area contributed by atoms with Crippen LogP contribution in [0.3, 0.4) is 0 Å². The largest absolute Gasteiger partial charge is 0.406 e. The highest BCUT2D eigenvalue weighted by molar-refractivity contribution is 6.02. The van der Waals surface area contributed by atoms with Gasteiger partial charge in [-0.3, -0.25) is 19.5 Å². The van der Waals surface area contributed by atoms with Crippen molar-refractivity contribution in [3.63, 3.8) is 0 Å². The second-order valence-electron chi connectivity index (χ2n) is 11.8. The molecule has 0 aliphatic heterocycles. The number of hydrogen-bond donors (Lipinski definition) is 1. The van der Waals surface area contributed by atoms with E-state index in [2.05, 4.69) is 5.32 Å². The number of amides is 2. The van der Waals surface area contributed by atoms with Gasteiger partial charge in [0.25, 0.3) is 0 Å². The number of benzene rings is 5. The van der Waals surface area contributed by atoms with Crippen LogP contribution in [0.1, 0.15) is 30.4 Å². The summed E-state index contributed by atoms with van der Waals surface area (Å²) in [5, 5.41) is 2.75. The van der Waals surface area contributed by atoms with Gasteiger partial charge in [0.1, 0.15) is 6.54 Å². The summed E-state index contributed by atoms with van der Waals surface area (Å²) in [6, 6.07) is 36.5. The number of anilines is 1. The average Bonchev–Trinajstić information content (AvgIpc) is 3.63. The van der Waals surface area contributed by atoms with Crippen LogP contribution in [-0.4, -0.2) is 46.0 Å². The van der Waals surface area contributed by atoms with Crippen molar-refractivity contribution in [1.29, 1.82) is 0 Å². The summed E-state index contributed by atoms with van der Waals surface area (Å²) in [5.41, 5.74) is 7.99. The van der Waals surface area contributed by atoms with Gasteiger partial charge in [-0.1, -0.05) is 110 Å². The molecule has 9 heteroatoms. The molecule has 0 saturated heterocycles. The number of nitrogens with one attached hydrogen (secondary N) is 1. The van der Waals surface area contributed by atoms with E-state index in [1.807, 2.05) is 114 Å². The van der Waals surface area contributed by atoms with Crippen molar-refractivity contribution < 1.29 is 22.8 Å². The lowest BCUT2D eigenvalue weighted by molar-refractivity contribution is -0.161. The zero-order chi connectivity index (χ0) is 33.4. The van der Waals surface area contributed by atoms with Crippen LogP contribution in [0.4, 0.5) is 19.1 Å². The molecule has 0 saturated carbocycles. The van der Waals surface area contributed by atoms with Gasteiger partial charge in [-0.25, -0.2) is 4.98 Å². The third-order valence-corrected chi connectivity index (χ3v) is 8.76. The molecule has 0 spiro atoms. The Morgan fingerprint density at radius 3 is 2.19 bits per heavy atom. The van der Waals surface area contributed by atoms with Crippen molar-refractivity contribution in [2.45, 2.75) is 25.4 Å². The quantitative estimate of drug-likeness (QED) is 0.160. The number of nitrogens with zero attached hydrogens (tertiary/aromatic N) is 3. The second-order valence-corrected chi connectivity index (χ2v) is 11.8. The number of carbonyl (C=O) groups excluding carboxylic acids is 2. The fourth-order valence-electron chi connectivity index (χ4n) is 6.92. The number of alkyl halides is 3. The van der Waals surface area contributed by atoms with E-state index in [9.17, 15) is 22.8 Å². The average molecular weight is 645 g/mol. The van der Waals surface area contributed by atoms with E-state index in [0.29, 0.717) is 40.7 Å². The standard InChI is InChI=1S/C39H31F3N4O2/c1-2-22-45(23-39(40,41)42)37(48)35-29-17-9-8-16-28(29)30-20-21-31(27-15-7-6-14-26(27)25-12-4-3-5-13-25)36(34(30)35)46-33-19-11-10-18-32(33)44-38(46)43-24-47/h3-21,24,35H,2,22-23H2,1H3,(H,43,44,47). The molecule has 0 radical (unpaired) electrons. The van der Waals surface area contributed by atoms with Crippen LogP contribution in [-0.2, 0) is 9.59 Å². The van der Waals surface area contributed by atoms with Gasteiger partial charge in [0.15, 0.2) is 0 Å². The molecule has 48 heavy (non-hydrogen) atoms. The van der Waals surface area contributed by atoms with E-state index in [1.165, 1.54) is 0 Å². The number of rotatable bonds is 9. The molecule has 1 aromatic heterocycles. The monoisotopic (exact) mass is 644 g/mol. The maximum absolute atomic E-state index is 14.6. The van der Waals surface area contributed by atoms with Crippen molar-refractivity contribution in [2.75, 3.05) is 18.4 Å². The first-order valence-corrected chi connectivity index (χ1v) is 15.7. The first-order chi connectivity index (χ1) is 23.3. The topological polar surface area (TPSA) is 67.2 Å². The first kappa shape index (κ1) is 30.9. The number of para-hydroxylation sites is 2. The van der Waals surface area contributed by atoms with E-state index in [-0.39, 0.29) is 12.5 Å². The van der Waals surface area contributed by atoms with E-state index < -0.39 is 24.5 Å². The number of carbonyl (C=O) groups is 2. The Balaban J connectivity index is 1.60. The van der Waals surface area contributed by atoms with Crippen molar-refractivity contribution in [2.24, 2.45) is 0 Å². The molecule has 5 aromatic carbocycles. The smallest absolute Gasteiger partial charge is 0.333 e. The second kappa shape index (κ2) is 12.5. The van der Waals surface area contributed by atoms with Crippen molar-refractivity contribution in [3.8, 4) is 39.1 Å². The summed E-state index contributed by atoms with van der Waals surface area (Å²) in [4.78, 5) is 32.2. The van der Waals surface area contributed by atoms with Crippen LogP contribution in [0.15, 0.2) is 115 Å². The third kappa shape index (κ3) is 5.41. The molecule has 6 nitrogen and oxygen atoms in total. The number of halogens is 3. The molecule has 1 unspecified atom stereocenters. The first-order valence-electron chi connectivity index (χ1n) is 15.7. The fraction of sp³-hybridized carbons (Fsp3) is 0.154. The Morgan fingerprint density at radius 2 is 1.46 bits per heavy atom. The molecule has 0 bridgehead atoms. The molecular weight excluding hydrogens is 613 g/mol. The van der Waals surface area contributed by atoms with Crippen LogP contribution >= 0.6 is 0 Å². The molecule has 1 aliphatic carbocycles. The van der Waals surface area contributed by atoms with Gasteiger partial charge in [0.2, 0.25) is 18.3 Å². The minimum Gasteiger partial charge on any atom is -0.333 e. The van der Waals surface area contributed by atoms with Crippen molar-refractivity contribution >= 4 is 29.3 Å². The normalized spacial score (nSPS) is 13.6. The maximum atomic E-state index is 14.6. The van der Waals surface area contributed by atoms with Gasteiger partial charge in [0.05, 0.1) is 22.6 Å². The van der Waals surface area contributed by atoms with Crippen molar-refractivity contribution in [3.05, 3.63) is 126 Å². The van der Waals surface area contributed by atoms with E-state index in [4.69, 9.17) is 4.98 Å². The Labute approximate surface area is 275 Å². The summed E-state index contributed by atoms with van der Waals surface area (Å²) in [6.45, 7) is 0.349. The molecule has 7 rings (SSSR count). The molecule has 240 valence electrons. The van der Waals surface area contributed by atoms with Gasteiger partial charge in [-0.05, 0) is 51.9 Å². The van der Waals surface area contributed by atoms with Crippen LogP contribution in [0.25, 0.3) is 50.1 Å². The Kier molecular flexibility index (Phi) is 8.04. The number of imidazole rings is 1. The highest BCUT2D eigenvalue weighted by Crippen LogP contribution is 2.52. The maximum Gasteiger partial charge on any atom is 0.406 e. The predicted octanol–water partition coefficient (Wildman–Crippen LogP) is 8.84. The molecule has 1 aliphatic rings. The lowest BCUT2D eigenvalue weighted by atomic mass is 9.87. The molecule has 1 heterocycles. The Morgan fingerprint density at radius 1 is 0.812 bits per heavy atom. The molecule has 2 amide bonds. The van der Waals surface area contributed by atoms with Crippen LogP contribution in [0.2, 0.25) is 0 Å². The lowest BCUT2D eigenvalue weighted by Gasteiger charge is -2.29. The SMILES string of the molecule is CCCN(CC(F)(F)F)C(=O)C1c2ccccc2-c2ccc(-c3ccccc3-c3ccccc3)c(-n3c(NC=O)nc4ccccc43)c21. The van der Waals surface area contributed by atoms with Gasteiger partial charge in [-0.15, -0.1) is 0 Å². The summed E-state index contributed by atoms with van der Waals surface area (Å²) in [5.74, 6) is -1.46. The highest BCUT2D eigenvalue weighted by atomic mass is 19.4. The fourth-order valence-corrected chi connectivity index (χ4v) is 6.92. The number of aromatic nitrogens is 2. The number of hydrogen-bond acceptors (Lipinski definition) is 3. The van der Waals surface area contributed by atoms with E-state index >= 15 is 0 Å². The zero-order valence-corrected chi connectivity index (χ0v) is 26.0. The zero-order valence-electron chi connectivity index (χ0n) is 26.0. The molecule has 1 atom stereocenters. The van der Waals surface area contributed by atoms with Gasteiger partial charge in [-0.2, -0.15) is 13.2 Å². The molecule has 0 fully saturated rings. The van der Waals surface area contributed by atoms with Gasteiger partial charge < -0.3 is 4.90 Å².